The van der Waals surface area contributed by atoms with Crippen molar-refractivity contribution >= 4 is 60.6 Å². The van der Waals surface area contributed by atoms with Crippen LogP contribution >= 0.6 is 15.9 Å². The van der Waals surface area contributed by atoms with Crippen LogP contribution in [0.4, 0.5) is 0 Å². The fraction of sp³-hybridized carbons (Fsp3) is 0.348. The summed E-state index contributed by atoms with van der Waals surface area (Å²) in [7, 11) is -5.11. The van der Waals surface area contributed by atoms with Gasteiger partial charge in [-0.15, -0.1) is 0 Å². The molecule has 1 aliphatic carbocycles. The van der Waals surface area contributed by atoms with Crippen molar-refractivity contribution in [2.45, 2.75) is 52.6 Å². The fourth-order valence-electron chi connectivity index (χ4n) is 5.34. The molecule has 2 aromatic carbocycles. The number of hydrogen-bond acceptors (Lipinski definition) is 1. The van der Waals surface area contributed by atoms with E-state index < -0.39 is 28.2 Å². The number of carbonyl (C=O) groups excluding carboxylic acids is 1. The van der Waals surface area contributed by atoms with Crippen molar-refractivity contribution in [3.05, 3.63) is 51.0 Å². The Bertz CT molecular complexity index is 1120. The maximum Gasteiger partial charge on any atom is 0.270 e. The van der Waals surface area contributed by atoms with Crippen molar-refractivity contribution in [2.24, 2.45) is 0 Å². The Kier molecular flexibility index (Phi) is 4.63. The number of nitrogens with one attached hydrogen (secondary N) is 1. The number of fused-ring (bicyclic) bond motifs is 3. The van der Waals surface area contributed by atoms with Crippen LogP contribution < -0.4 is 16.1 Å². The quantitative estimate of drug-likeness (QED) is 0.523. The molecule has 2 bridgehead atoms. The minimum absolute atomic E-state index is 0.553. The van der Waals surface area contributed by atoms with E-state index in [9.17, 15) is 4.79 Å². The standard InChI is InChI=1S/C23H29BrNOSi3/c1-14-11-15-9-8-10-16(17(15)12-14)20-18(23(25)26)13-19-21(24)22(20)28(4,5)29(6,7)27(19,2)3/h8-10,12-13,25H,11H2,1-7H3. The van der Waals surface area contributed by atoms with Crippen molar-refractivity contribution in [1.82, 2.24) is 5.73 Å². The monoisotopic (exact) mass is 498 g/mol. The number of halogens is 1. The molecule has 1 radical (unpaired) electrons. The van der Waals surface area contributed by atoms with Crippen LogP contribution in [0, 0.1) is 0 Å². The lowest BCUT2D eigenvalue weighted by Crippen LogP contribution is -2.82. The summed E-state index contributed by atoms with van der Waals surface area (Å²) in [5.41, 5.74) is 14.9. The number of carbonyl (C=O) groups is 1. The summed E-state index contributed by atoms with van der Waals surface area (Å²) in [5.74, 6) is -0.553. The average molecular weight is 500 g/mol. The first kappa shape index (κ1) is 21.0. The Morgan fingerprint density at radius 1 is 1.07 bits per heavy atom. The van der Waals surface area contributed by atoms with Gasteiger partial charge >= 0.3 is 0 Å². The van der Waals surface area contributed by atoms with E-state index in [2.05, 4.69) is 92.5 Å². The minimum atomic E-state index is -1.84. The zero-order valence-electron chi connectivity index (χ0n) is 18.4. The molecule has 1 amide bonds. The van der Waals surface area contributed by atoms with Crippen LogP contribution in [0.5, 0.6) is 0 Å². The predicted octanol–water partition coefficient (Wildman–Crippen LogP) is 5.21. The average Bonchev–Trinajstić information content (AvgIpc) is 2.99. The molecule has 0 aromatic heterocycles. The van der Waals surface area contributed by atoms with E-state index in [1.807, 2.05) is 0 Å². The molecular weight excluding hydrogens is 470 g/mol. The molecule has 0 fully saturated rings. The molecule has 0 saturated carbocycles. The van der Waals surface area contributed by atoms with Gasteiger partial charge in [-0.1, -0.05) is 85.1 Å². The van der Waals surface area contributed by atoms with E-state index in [-0.39, 0.29) is 0 Å². The molecule has 1 N–H and O–H groups in total. The highest BCUT2D eigenvalue weighted by molar-refractivity contribution is 9.10. The van der Waals surface area contributed by atoms with E-state index in [1.54, 1.807) is 0 Å². The molecule has 0 unspecified atom stereocenters. The van der Waals surface area contributed by atoms with Crippen LogP contribution in [-0.2, 0) is 6.42 Å². The molecule has 2 nitrogen and oxygen atoms in total. The zero-order chi connectivity index (χ0) is 21.5. The summed E-state index contributed by atoms with van der Waals surface area (Å²) >= 11 is 4.02. The van der Waals surface area contributed by atoms with Crippen LogP contribution in [0.15, 0.2) is 34.3 Å². The summed E-state index contributed by atoms with van der Waals surface area (Å²) in [5, 5.41) is 2.75. The van der Waals surface area contributed by atoms with Gasteiger partial charge in [-0.3, -0.25) is 10.5 Å². The predicted molar refractivity (Wildman–Crippen MR) is 136 cm³/mol. The van der Waals surface area contributed by atoms with Crippen LogP contribution in [0.2, 0.25) is 39.3 Å². The highest BCUT2D eigenvalue weighted by atomic mass is 79.9. The molecule has 1 heterocycles. The lowest BCUT2D eigenvalue weighted by molar-refractivity contribution is 0.0993. The Labute approximate surface area is 185 Å². The molecule has 2 aliphatic rings. The van der Waals surface area contributed by atoms with E-state index in [1.165, 1.54) is 31.5 Å². The van der Waals surface area contributed by atoms with Crippen molar-refractivity contribution in [3.8, 4) is 11.1 Å². The second-order valence-electron chi connectivity index (χ2n) is 10.3. The third-order valence-electron chi connectivity index (χ3n) is 8.26. The molecule has 4 rings (SSSR count). The van der Waals surface area contributed by atoms with Gasteiger partial charge in [0.2, 0.25) is 0 Å². The molecule has 0 spiro atoms. The van der Waals surface area contributed by atoms with E-state index >= 15 is 0 Å². The molecule has 0 saturated heterocycles. The molecule has 0 atom stereocenters. The number of rotatable bonds is 2. The van der Waals surface area contributed by atoms with Crippen molar-refractivity contribution in [3.63, 3.8) is 0 Å². The Morgan fingerprint density at radius 3 is 2.34 bits per heavy atom. The van der Waals surface area contributed by atoms with E-state index in [0.29, 0.717) is 5.56 Å². The van der Waals surface area contributed by atoms with E-state index in [4.69, 9.17) is 5.73 Å². The third-order valence-corrected chi connectivity index (χ3v) is 51.1. The van der Waals surface area contributed by atoms with Gasteiger partial charge in [0.05, 0.1) is 15.2 Å². The Morgan fingerprint density at radius 2 is 1.72 bits per heavy atom. The molecular formula is C23H29BrNOSi3. The first-order valence-corrected chi connectivity index (χ1v) is 22.0. The normalized spacial score (nSPS) is 20.2. The first-order valence-electron chi connectivity index (χ1n) is 10.2. The van der Waals surface area contributed by atoms with Gasteiger partial charge in [0, 0.05) is 17.1 Å². The molecule has 151 valence electrons. The van der Waals surface area contributed by atoms with Gasteiger partial charge in [0.25, 0.3) is 5.91 Å². The van der Waals surface area contributed by atoms with Gasteiger partial charge in [-0.2, -0.15) is 0 Å². The van der Waals surface area contributed by atoms with Crippen LogP contribution in [-0.4, -0.2) is 28.2 Å². The van der Waals surface area contributed by atoms with E-state index in [0.717, 1.165) is 17.5 Å². The lowest BCUT2D eigenvalue weighted by atomic mass is 9.93. The van der Waals surface area contributed by atoms with Gasteiger partial charge in [-0.05, 0) is 52.0 Å². The lowest BCUT2D eigenvalue weighted by Gasteiger charge is -2.54. The molecule has 29 heavy (non-hydrogen) atoms. The summed E-state index contributed by atoms with van der Waals surface area (Å²) in [6.45, 7) is 17.4. The maximum atomic E-state index is 12.6. The smallest absolute Gasteiger partial charge is 0.267 e. The topological polar surface area (TPSA) is 40.9 Å². The number of benzene rings is 2. The van der Waals surface area contributed by atoms with Gasteiger partial charge in [0.1, 0.15) is 0 Å². The Hall–Kier alpha value is -1.22. The summed E-state index contributed by atoms with van der Waals surface area (Å²) in [4.78, 5) is 12.6. The highest BCUT2D eigenvalue weighted by Gasteiger charge is 2.59. The highest BCUT2D eigenvalue weighted by Crippen LogP contribution is 2.42. The van der Waals surface area contributed by atoms with Crippen molar-refractivity contribution < 1.29 is 4.79 Å². The molecule has 2 aromatic rings. The summed E-state index contributed by atoms with van der Waals surface area (Å²) < 4.78 is 1.24. The Balaban J connectivity index is 2.20. The van der Waals surface area contributed by atoms with Crippen molar-refractivity contribution in [2.75, 3.05) is 0 Å². The van der Waals surface area contributed by atoms with Crippen LogP contribution in [0.3, 0.4) is 0 Å². The van der Waals surface area contributed by atoms with Crippen LogP contribution in [0.1, 0.15) is 28.4 Å². The maximum absolute atomic E-state index is 12.6. The van der Waals surface area contributed by atoms with Gasteiger partial charge in [-0.25, -0.2) is 0 Å². The van der Waals surface area contributed by atoms with Crippen LogP contribution in [0.25, 0.3) is 17.2 Å². The summed E-state index contributed by atoms with van der Waals surface area (Å²) in [6.07, 6.45) is 3.25. The third kappa shape index (κ3) is 2.65. The molecule has 6 heteroatoms. The van der Waals surface area contributed by atoms with Gasteiger partial charge in [0.15, 0.2) is 0 Å². The molecule has 1 aliphatic heterocycles. The number of allylic oxidation sites excluding steroid dienone is 1. The summed E-state index contributed by atoms with van der Waals surface area (Å²) in [6, 6.07) is 8.56. The zero-order valence-corrected chi connectivity index (χ0v) is 23.0. The SMILES string of the molecule is CC1=Cc2c(cccc2-c2c(C([NH])=O)cc3c(Br)c2[Si](C)(C)[Si](C)(C)[Si]3(C)C)C1. The minimum Gasteiger partial charge on any atom is -0.267 e. The first-order chi connectivity index (χ1) is 13.3. The largest absolute Gasteiger partial charge is 0.270 e. The second kappa shape index (κ2) is 6.39. The van der Waals surface area contributed by atoms with Crippen molar-refractivity contribution in [1.29, 1.82) is 0 Å². The number of amides is 1. The second-order valence-corrected chi connectivity index (χ2v) is 38.4. The fourth-order valence-corrected chi connectivity index (χ4v) is 41.8. The van der Waals surface area contributed by atoms with Gasteiger partial charge < -0.3 is 0 Å². The number of hydrogen-bond donors (Lipinski definition) is 0.